The summed E-state index contributed by atoms with van der Waals surface area (Å²) in [5, 5.41) is 3.30. The zero-order valence-electron chi connectivity index (χ0n) is 11.4. The Hall–Kier alpha value is -0.610. The number of morpholine rings is 1. The molecule has 100 valence electrons. The quantitative estimate of drug-likeness (QED) is 0.713. The van der Waals surface area contributed by atoms with Crippen LogP contribution in [0.4, 0.5) is 0 Å². The lowest BCUT2D eigenvalue weighted by Crippen LogP contribution is -2.49. The molecule has 0 saturated carbocycles. The zero-order chi connectivity index (χ0) is 12.7. The van der Waals surface area contributed by atoms with Crippen molar-refractivity contribution in [2.75, 3.05) is 32.8 Å². The predicted molar refractivity (Wildman–Crippen MR) is 68.9 cm³/mol. The smallest absolute Gasteiger partial charge is 0.239 e. The number of rotatable bonds is 6. The molecule has 0 aliphatic carbocycles. The van der Waals surface area contributed by atoms with Gasteiger partial charge in [0.05, 0.1) is 19.3 Å². The third-order valence-electron chi connectivity index (χ3n) is 3.10. The molecule has 0 aromatic heterocycles. The first-order valence-corrected chi connectivity index (χ1v) is 6.71. The number of hydrogen-bond acceptors (Lipinski definition) is 3. The minimum absolute atomic E-state index is 0.0692. The molecule has 1 amide bonds. The third kappa shape index (κ3) is 5.50. The van der Waals surface area contributed by atoms with Crippen molar-refractivity contribution in [3.63, 3.8) is 0 Å². The highest BCUT2D eigenvalue weighted by molar-refractivity contribution is 5.81. The molecule has 0 aromatic carbocycles. The summed E-state index contributed by atoms with van der Waals surface area (Å²) in [5.41, 5.74) is 0. The van der Waals surface area contributed by atoms with E-state index < -0.39 is 0 Å². The molecule has 0 aromatic rings. The van der Waals surface area contributed by atoms with E-state index >= 15 is 0 Å². The van der Waals surface area contributed by atoms with Crippen LogP contribution < -0.4 is 5.32 Å². The molecule has 0 spiro atoms. The monoisotopic (exact) mass is 242 g/mol. The molecule has 1 aliphatic rings. The molecular formula is C13H26N2O2. The lowest BCUT2D eigenvalue weighted by molar-refractivity contribution is -0.137. The van der Waals surface area contributed by atoms with Crippen molar-refractivity contribution in [3.05, 3.63) is 0 Å². The van der Waals surface area contributed by atoms with Gasteiger partial charge in [0.15, 0.2) is 0 Å². The molecule has 4 heteroatoms. The maximum atomic E-state index is 12.0. The van der Waals surface area contributed by atoms with Crippen molar-refractivity contribution in [2.24, 2.45) is 5.92 Å². The average Bonchev–Trinajstić information content (AvgIpc) is 2.34. The Bertz CT molecular complexity index is 225. The summed E-state index contributed by atoms with van der Waals surface area (Å²) in [5.74, 6) is 0.944. The number of carbonyl (C=O) groups is 1. The SMILES string of the molecule is CC(C)CCCNC(C)C(=O)N1CCOCC1. The molecule has 1 fully saturated rings. The van der Waals surface area contributed by atoms with E-state index in [1.165, 1.54) is 6.42 Å². The standard InChI is InChI=1S/C13H26N2O2/c1-11(2)5-4-6-14-12(3)13(16)15-7-9-17-10-8-15/h11-12,14H,4-10H2,1-3H3. The molecule has 1 atom stereocenters. The Labute approximate surface area is 105 Å². The van der Waals surface area contributed by atoms with Gasteiger partial charge in [-0.2, -0.15) is 0 Å². The summed E-state index contributed by atoms with van der Waals surface area (Å²) >= 11 is 0. The Kier molecular flexibility index (Phi) is 6.52. The number of carbonyl (C=O) groups excluding carboxylic acids is 1. The van der Waals surface area contributed by atoms with Crippen LogP contribution >= 0.6 is 0 Å². The van der Waals surface area contributed by atoms with Crippen molar-refractivity contribution in [2.45, 2.75) is 39.7 Å². The van der Waals surface area contributed by atoms with Crippen LogP contribution in [-0.2, 0) is 9.53 Å². The van der Waals surface area contributed by atoms with Crippen molar-refractivity contribution >= 4 is 5.91 Å². The van der Waals surface area contributed by atoms with E-state index in [4.69, 9.17) is 4.74 Å². The summed E-state index contributed by atoms with van der Waals surface area (Å²) in [6, 6.07) is -0.0692. The first-order chi connectivity index (χ1) is 8.11. The average molecular weight is 242 g/mol. The number of nitrogens with one attached hydrogen (secondary N) is 1. The van der Waals surface area contributed by atoms with Gasteiger partial charge >= 0.3 is 0 Å². The van der Waals surface area contributed by atoms with Crippen LogP contribution in [0.3, 0.4) is 0 Å². The van der Waals surface area contributed by atoms with Crippen LogP contribution in [0.15, 0.2) is 0 Å². The second-order valence-electron chi connectivity index (χ2n) is 5.15. The molecule has 0 bridgehead atoms. The van der Waals surface area contributed by atoms with Gasteiger partial charge in [0.25, 0.3) is 0 Å². The lowest BCUT2D eigenvalue weighted by Gasteiger charge is -2.29. The second kappa shape index (κ2) is 7.67. The second-order valence-corrected chi connectivity index (χ2v) is 5.15. The fraction of sp³-hybridized carbons (Fsp3) is 0.923. The van der Waals surface area contributed by atoms with Crippen LogP contribution in [0.5, 0.6) is 0 Å². The largest absolute Gasteiger partial charge is 0.378 e. The van der Waals surface area contributed by atoms with Crippen molar-refractivity contribution in [1.29, 1.82) is 0 Å². The van der Waals surface area contributed by atoms with E-state index in [0.717, 1.165) is 32.0 Å². The predicted octanol–water partition coefficient (Wildman–Crippen LogP) is 1.26. The van der Waals surface area contributed by atoms with Crippen LogP contribution in [0, 0.1) is 5.92 Å². The highest BCUT2D eigenvalue weighted by Gasteiger charge is 2.21. The summed E-state index contributed by atoms with van der Waals surface area (Å²) < 4.78 is 5.24. The normalized spacial score (nSPS) is 18.5. The summed E-state index contributed by atoms with van der Waals surface area (Å²) in [4.78, 5) is 13.9. The number of amides is 1. The fourth-order valence-corrected chi connectivity index (χ4v) is 1.97. The van der Waals surface area contributed by atoms with Gasteiger partial charge in [-0.05, 0) is 32.2 Å². The number of nitrogens with zero attached hydrogens (tertiary/aromatic N) is 1. The molecule has 1 heterocycles. The van der Waals surface area contributed by atoms with Gasteiger partial charge < -0.3 is 15.0 Å². The fourth-order valence-electron chi connectivity index (χ4n) is 1.97. The first kappa shape index (κ1) is 14.5. The van der Waals surface area contributed by atoms with Gasteiger partial charge in [-0.25, -0.2) is 0 Å². The molecule has 1 saturated heterocycles. The zero-order valence-corrected chi connectivity index (χ0v) is 11.4. The van der Waals surface area contributed by atoms with E-state index in [-0.39, 0.29) is 11.9 Å². The summed E-state index contributed by atoms with van der Waals surface area (Å²) in [7, 11) is 0. The first-order valence-electron chi connectivity index (χ1n) is 6.71. The van der Waals surface area contributed by atoms with Crippen molar-refractivity contribution in [3.8, 4) is 0 Å². The molecule has 1 N–H and O–H groups in total. The Morgan fingerprint density at radius 2 is 1.94 bits per heavy atom. The lowest BCUT2D eigenvalue weighted by atomic mass is 10.1. The molecule has 17 heavy (non-hydrogen) atoms. The van der Waals surface area contributed by atoms with Gasteiger partial charge in [0.1, 0.15) is 0 Å². The molecule has 1 unspecified atom stereocenters. The van der Waals surface area contributed by atoms with Gasteiger partial charge in [0, 0.05) is 13.1 Å². The van der Waals surface area contributed by atoms with E-state index in [2.05, 4.69) is 19.2 Å². The Morgan fingerprint density at radius 3 is 2.53 bits per heavy atom. The van der Waals surface area contributed by atoms with Crippen molar-refractivity contribution in [1.82, 2.24) is 10.2 Å². The van der Waals surface area contributed by atoms with E-state index in [0.29, 0.717) is 13.2 Å². The van der Waals surface area contributed by atoms with Crippen LogP contribution in [-0.4, -0.2) is 49.7 Å². The Morgan fingerprint density at radius 1 is 1.29 bits per heavy atom. The molecular weight excluding hydrogens is 216 g/mol. The molecule has 0 radical (unpaired) electrons. The maximum Gasteiger partial charge on any atom is 0.239 e. The van der Waals surface area contributed by atoms with Crippen LogP contribution in [0.2, 0.25) is 0 Å². The summed E-state index contributed by atoms with van der Waals surface area (Å²) in [6.07, 6.45) is 2.35. The van der Waals surface area contributed by atoms with Crippen LogP contribution in [0.25, 0.3) is 0 Å². The minimum Gasteiger partial charge on any atom is -0.378 e. The molecule has 1 rings (SSSR count). The van der Waals surface area contributed by atoms with Gasteiger partial charge in [-0.3, -0.25) is 4.79 Å². The van der Waals surface area contributed by atoms with E-state index in [9.17, 15) is 4.79 Å². The molecule has 1 aliphatic heterocycles. The van der Waals surface area contributed by atoms with E-state index in [1.807, 2.05) is 11.8 Å². The van der Waals surface area contributed by atoms with Crippen molar-refractivity contribution < 1.29 is 9.53 Å². The minimum atomic E-state index is -0.0692. The van der Waals surface area contributed by atoms with E-state index in [1.54, 1.807) is 0 Å². The summed E-state index contributed by atoms with van der Waals surface area (Å²) in [6.45, 7) is 10.1. The topological polar surface area (TPSA) is 41.6 Å². The highest BCUT2D eigenvalue weighted by Crippen LogP contribution is 2.03. The number of ether oxygens (including phenoxy) is 1. The van der Waals surface area contributed by atoms with Gasteiger partial charge in [0.2, 0.25) is 5.91 Å². The Balaban J connectivity index is 2.17. The third-order valence-corrected chi connectivity index (χ3v) is 3.10. The maximum absolute atomic E-state index is 12.0. The number of hydrogen-bond donors (Lipinski definition) is 1. The van der Waals surface area contributed by atoms with Gasteiger partial charge in [-0.15, -0.1) is 0 Å². The van der Waals surface area contributed by atoms with Gasteiger partial charge in [-0.1, -0.05) is 13.8 Å². The highest BCUT2D eigenvalue weighted by atomic mass is 16.5. The van der Waals surface area contributed by atoms with Crippen LogP contribution in [0.1, 0.15) is 33.6 Å². The molecule has 4 nitrogen and oxygen atoms in total.